The fourth-order valence-electron chi connectivity index (χ4n) is 1.77. The molecular weight excluding hydrogens is 176 g/mol. The second kappa shape index (κ2) is 8.21. The van der Waals surface area contributed by atoms with Crippen molar-refractivity contribution in [3.63, 3.8) is 0 Å². The summed E-state index contributed by atoms with van der Waals surface area (Å²) in [7, 11) is 2.09. The quantitative estimate of drug-likeness (QED) is 0.618. The molecule has 0 aromatic heterocycles. The number of rotatable bonds is 8. The molecule has 0 aromatic carbocycles. The zero-order valence-electron chi connectivity index (χ0n) is 10.1. The average Bonchev–Trinajstić information content (AvgIpc) is 2.16. The predicted molar refractivity (Wildman–Crippen MR) is 61.6 cm³/mol. The lowest BCUT2D eigenvalue weighted by atomic mass is 10.1. The third-order valence-corrected chi connectivity index (χ3v) is 2.69. The largest absolute Gasteiger partial charge is 0.390 e. The van der Waals surface area contributed by atoms with Crippen molar-refractivity contribution >= 4 is 0 Å². The molecule has 0 aliphatic carbocycles. The maximum atomic E-state index is 9.69. The highest BCUT2D eigenvalue weighted by Gasteiger charge is 2.13. The molecule has 0 amide bonds. The number of hydrogen-bond acceptors (Lipinski definition) is 3. The lowest BCUT2D eigenvalue weighted by Crippen LogP contribution is -2.40. The van der Waals surface area contributed by atoms with Crippen LogP contribution in [-0.4, -0.2) is 48.8 Å². The van der Waals surface area contributed by atoms with Crippen molar-refractivity contribution in [3.05, 3.63) is 0 Å². The van der Waals surface area contributed by atoms with Gasteiger partial charge in [-0.05, 0) is 26.4 Å². The minimum atomic E-state index is -0.249. The van der Waals surface area contributed by atoms with Crippen LogP contribution in [0.4, 0.5) is 0 Å². The lowest BCUT2D eigenvalue weighted by molar-refractivity contribution is 0.101. The number of hydrogen-bond donors (Lipinski definition) is 2. The first-order valence-electron chi connectivity index (χ1n) is 5.74. The minimum Gasteiger partial charge on any atom is -0.390 e. The maximum Gasteiger partial charge on any atom is 0.0791 e. The van der Waals surface area contributed by atoms with E-state index in [1.165, 1.54) is 0 Å². The first kappa shape index (κ1) is 13.9. The van der Waals surface area contributed by atoms with Gasteiger partial charge in [0, 0.05) is 19.1 Å². The fraction of sp³-hybridized carbons (Fsp3) is 1.00. The van der Waals surface area contributed by atoms with Gasteiger partial charge in [-0.3, -0.25) is 0 Å². The van der Waals surface area contributed by atoms with Crippen molar-refractivity contribution in [2.45, 2.75) is 45.8 Å². The highest BCUT2D eigenvalue weighted by atomic mass is 16.3. The Morgan fingerprint density at radius 3 is 2.21 bits per heavy atom. The van der Waals surface area contributed by atoms with E-state index < -0.39 is 0 Å². The first-order chi connectivity index (χ1) is 6.65. The molecule has 0 spiro atoms. The molecule has 1 atom stereocenters. The van der Waals surface area contributed by atoms with E-state index in [4.69, 9.17) is 0 Å². The summed E-state index contributed by atoms with van der Waals surface area (Å²) in [5.74, 6) is 0. The number of nitrogens with one attached hydrogen (secondary N) is 1. The van der Waals surface area contributed by atoms with Gasteiger partial charge >= 0.3 is 0 Å². The Hall–Kier alpha value is -0.120. The predicted octanol–water partition coefficient (Wildman–Crippen LogP) is 1.08. The van der Waals surface area contributed by atoms with Crippen LogP contribution in [-0.2, 0) is 0 Å². The Bertz CT molecular complexity index is 126. The number of nitrogens with zero attached hydrogens (tertiary/aromatic N) is 1. The highest BCUT2D eigenvalue weighted by Crippen LogP contribution is 2.06. The van der Waals surface area contributed by atoms with Gasteiger partial charge in [-0.15, -0.1) is 0 Å². The molecule has 0 heterocycles. The van der Waals surface area contributed by atoms with Gasteiger partial charge in [0.2, 0.25) is 0 Å². The van der Waals surface area contributed by atoms with Crippen LogP contribution in [0.1, 0.15) is 33.6 Å². The Kier molecular flexibility index (Phi) is 8.14. The Morgan fingerprint density at radius 2 is 1.79 bits per heavy atom. The second-order valence-corrected chi connectivity index (χ2v) is 3.87. The fourth-order valence-corrected chi connectivity index (χ4v) is 1.77. The van der Waals surface area contributed by atoms with Crippen molar-refractivity contribution in [2.24, 2.45) is 0 Å². The Labute approximate surface area is 88.5 Å². The van der Waals surface area contributed by atoms with Crippen LogP contribution in [0.5, 0.6) is 0 Å². The van der Waals surface area contributed by atoms with Gasteiger partial charge in [0.25, 0.3) is 0 Å². The standard InChI is InChI=1S/C11H26N2O/c1-5-10(6-2)13(4)9-11(14)8-12-7-3/h10-12,14H,5-9H2,1-4H3. The van der Waals surface area contributed by atoms with Crippen LogP contribution >= 0.6 is 0 Å². The topological polar surface area (TPSA) is 35.5 Å². The maximum absolute atomic E-state index is 9.69. The van der Waals surface area contributed by atoms with E-state index in [9.17, 15) is 5.11 Å². The molecule has 3 heteroatoms. The molecule has 0 aliphatic rings. The first-order valence-corrected chi connectivity index (χ1v) is 5.74. The minimum absolute atomic E-state index is 0.249. The summed E-state index contributed by atoms with van der Waals surface area (Å²) in [5.41, 5.74) is 0. The normalized spacial score (nSPS) is 13.9. The van der Waals surface area contributed by atoms with Gasteiger partial charge in [0.15, 0.2) is 0 Å². The van der Waals surface area contributed by atoms with E-state index in [1.807, 2.05) is 0 Å². The van der Waals surface area contributed by atoms with Gasteiger partial charge < -0.3 is 15.3 Å². The van der Waals surface area contributed by atoms with Crippen LogP contribution in [0.3, 0.4) is 0 Å². The summed E-state index contributed by atoms with van der Waals surface area (Å²) in [6.45, 7) is 8.83. The van der Waals surface area contributed by atoms with Crippen molar-refractivity contribution in [1.29, 1.82) is 0 Å². The SMILES string of the molecule is CCNCC(O)CN(C)C(CC)CC. The monoisotopic (exact) mass is 202 g/mol. The molecule has 0 radical (unpaired) electrons. The highest BCUT2D eigenvalue weighted by molar-refractivity contribution is 4.70. The molecule has 0 fully saturated rings. The van der Waals surface area contributed by atoms with E-state index in [2.05, 4.69) is 38.0 Å². The van der Waals surface area contributed by atoms with Crippen LogP contribution in [0, 0.1) is 0 Å². The molecule has 0 saturated carbocycles. The summed E-state index contributed by atoms with van der Waals surface area (Å²) in [5, 5.41) is 12.8. The molecular formula is C11H26N2O. The molecule has 0 aliphatic heterocycles. The van der Waals surface area contributed by atoms with Crippen LogP contribution in [0.15, 0.2) is 0 Å². The molecule has 14 heavy (non-hydrogen) atoms. The van der Waals surface area contributed by atoms with Crippen LogP contribution < -0.4 is 5.32 Å². The number of aliphatic hydroxyl groups excluding tert-OH is 1. The van der Waals surface area contributed by atoms with Crippen molar-refractivity contribution in [2.75, 3.05) is 26.7 Å². The Morgan fingerprint density at radius 1 is 1.21 bits per heavy atom. The number of aliphatic hydroxyl groups is 1. The summed E-state index contributed by atoms with van der Waals surface area (Å²) in [4.78, 5) is 2.25. The van der Waals surface area contributed by atoms with Gasteiger partial charge in [-0.1, -0.05) is 20.8 Å². The molecule has 0 bridgehead atoms. The molecule has 1 unspecified atom stereocenters. The average molecular weight is 202 g/mol. The third-order valence-electron chi connectivity index (χ3n) is 2.69. The summed E-state index contributed by atoms with van der Waals surface area (Å²) in [6.07, 6.45) is 2.06. The van der Waals surface area contributed by atoms with Gasteiger partial charge in [0.05, 0.1) is 6.10 Å². The van der Waals surface area contributed by atoms with Gasteiger partial charge in [-0.2, -0.15) is 0 Å². The van der Waals surface area contributed by atoms with Crippen LogP contribution in [0.25, 0.3) is 0 Å². The lowest BCUT2D eigenvalue weighted by Gasteiger charge is -2.28. The second-order valence-electron chi connectivity index (χ2n) is 3.87. The molecule has 0 rings (SSSR count). The Balaban J connectivity index is 3.73. The molecule has 3 nitrogen and oxygen atoms in total. The smallest absolute Gasteiger partial charge is 0.0791 e. The molecule has 0 saturated heterocycles. The van der Waals surface area contributed by atoms with Gasteiger partial charge in [-0.25, -0.2) is 0 Å². The number of likely N-dealkylation sites (N-methyl/N-ethyl adjacent to an activating group) is 2. The van der Waals surface area contributed by atoms with E-state index in [-0.39, 0.29) is 6.10 Å². The summed E-state index contributed by atoms with van der Waals surface area (Å²) >= 11 is 0. The zero-order chi connectivity index (χ0) is 11.0. The zero-order valence-corrected chi connectivity index (χ0v) is 10.1. The molecule has 86 valence electrons. The van der Waals surface area contributed by atoms with E-state index in [0.717, 1.165) is 25.9 Å². The van der Waals surface area contributed by atoms with E-state index in [0.29, 0.717) is 12.6 Å². The van der Waals surface area contributed by atoms with Crippen molar-refractivity contribution in [1.82, 2.24) is 10.2 Å². The van der Waals surface area contributed by atoms with E-state index >= 15 is 0 Å². The summed E-state index contributed by atoms with van der Waals surface area (Å²) in [6, 6.07) is 0.603. The van der Waals surface area contributed by atoms with Crippen molar-refractivity contribution < 1.29 is 5.11 Å². The molecule has 0 aromatic rings. The summed E-state index contributed by atoms with van der Waals surface area (Å²) < 4.78 is 0. The molecule has 2 N–H and O–H groups in total. The van der Waals surface area contributed by atoms with Crippen LogP contribution in [0.2, 0.25) is 0 Å². The van der Waals surface area contributed by atoms with Crippen molar-refractivity contribution in [3.8, 4) is 0 Å². The third kappa shape index (κ3) is 5.58. The van der Waals surface area contributed by atoms with Gasteiger partial charge in [0.1, 0.15) is 0 Å². The van der Waals surface area contributed by atoms with E-state index in [1.54, 1.807) is 0 Å².